The Morgan fingerprint density at radius 2 is 1.84 bits per heavy atom. The van der Waals surface area contributed by atoms with E-state index in [-0.39, 0.29) is 24.5 Å². The Labute approximate surface area is 151 Å². The molecule has 1 aromatic carbocycles. The van der Waals surface area contributed by atoms with Crippen molar-refractivity contribution in [2.75, 3.05) is 12.8 Å². The second-order valence-corrected chi connectivity index (χ2v) is 9.03. The SMILES string of the molecule is C[C@H](CCc1ccccc1)NC(=O)CN(C1CCCCC1)S(C)(=O)=O. The number of aryl methyl sites for hydroxylation is 1. The Bertz CT molecular complexity index is 640. The lowest BCUT2D eigenvalue weighted by atomic mass is 9.95. The quantitative estimate of drug-likeness (QED) is 0.769. The van der Waals surface area contributed by atoms with E-state index in [0.717, 1.165) is 44.9 Å². The lowest BCUT2D eigenvalue weighted by Crippen LogP contribution is -2.48. The minimum absolute atomic E-state index is 0.0143. The molecule has 0 bridgehead atoms. The molecule has 0 heterocycles. The highest BCUT2D eigenvalue weighted by Gasteiger charge is 2.30. The molecule has 0 aromatic heterocycles. The van der Waals surface area contributed by atoms with E-state index in [4.69, 9.17) is 0 Å². The fraction of sp³-hybridized carbons (Fsp3) is 0.632. The van der Waals surface area contributed by atoms with Crippen LogP contribution in [0.3, 0.4) is 0 Å². The summed E-state index contributed by atoms with van der Waals surface area (Å²) in [7, 11) is -3.38. The fourth-order valence-electron chi connectivity index (χ4n) is 3.45. The molecule has 140 valence electrons. The molecule has 0 saturated heterocycles. The number of hydrogen-bond acceptors (Lipinski definition) is 3. The number of carbonyl (C=O) groups is 1. The van der Waals surface area contributed by atoms with Crippen molar-refractivity contribution in [2.24, 2.45) is 0 Å². The highest BCUT2D eigenvalue weighted by molar-refractivity contribution is 7.88. The van der Waals surface area contributed by atoms with Gasteiger partial charge in [0.15, 0.2) is 0 Å². The van der Waals surface area contributed by atoms with Crippen LogP contribution in [0, 0.1) is 0 Å². The molecule has 0 radical (unpaired) electrons. The van der Waals surface area contributed by atoms with E-state index in [1.54, 1.807) is 0 Å². The van der Waals surface area contributed by atoms with Gasteiger partial charge in [0.05, 0.1) is 12.8 Å². The monoisotopic (exact) mass is 366 g/mol. The zero-order chi connectivity index (χ0) is 18.3. The number of hydrogen-bond donors (Lipinski definition) is 1. The Morgan fingerprint density at radius 1 is 1.20 bits per heavy atom. The third-order valence-corrected chi connectivity index (χ3v) is 6.10. The van der Waals surface area contributed by atoms with Gasteiger partial charge in [-0.2, -0.15) is 4.31 Å². The summed E-state index contributed by atoms with van der Waals surface area (Å²) in [5, 5.41) is 2.95. The first-order valence-corrected chi connectivity index (χ1v) is 11.0. The minimum Gasteiger partial charge on any atom is -0.352 e. The van der Waals surface area contributed by atoms with Gasteiger partial charge in [-0.25, -0.2) is 8.42 Å². The van der Waals surface area contributed by atoms with E-state index in [1.165, 1.54) is 16.1 Å². The van der Waals surface area contributed by atoms with Crippen LogP contribution in [0.5, 0.6) is 0 Å². The molecule has 1 amide bonds. The van der Waals surface area contributed by atoms with Gasteiger partial charge in [-0.05, 0) is 38.2 Å². The number of sulfonamides is 1. The molecule has 1 N–H and O–H groups in total. The van der Waals surface area contributed by atoms with Crippen LogP contribution in [0.4, 0.5) is 0 Å². The molecular weight excluding hydrogens is 336 g/mol. The second kappa shape index (κ2) is 9.34. The maximum absolute atomic E-state index is 12.3. The highest BCUT2D eigenvalue weighted by Crippen LogP contribution is 2.24. The van der Waals surface area contributed by atoms with Crippen LogP contribution in [0.25, 0.3) is 0 Å². The standard InChI is InChI=1S/C19H30N2O3S/c1-16(13-14-17-9-5-3-6-10-17)20-19(22)15-21(25(2,23)24)18-11-7-4-8-12-18/h3,5-6,9-10,16,18H,4,7-8,11-15H2,1-2H3,(H,20,22)/t16-/m1/s1. The molecule has 25 heavy (non-hydrogen) atoms. The Morgan fingerprint density at radius 3 is 2.44 bits per heavy atom. The van der Waals surface area contributed by atoms with Gasteiger partial charge in [-0.1, -0.05) is 49.6 Å². The molecule has 2 rings (SSSR count). The van der Waals surface area contributed by atoms with Crippen LogP contribution >= 0.6 is 0 Å². The van der Waals surface area contributed by atoms with E-state index in [1.807, 2.05) is 25.1 Å². The van der Waals surface area contributed by atoms with Crippen molar-refractivity contribution < 1.29 is 13.2 Å². The summed E-state index contributed by atoms with van der Waals surface area (Å²) < 4.78 is 25.6. The van der Waals surface area contributed by atoms with Gasteiger partial charge in [0.1, 0.15) is 0 Å². The van der Waals surface area contributed by atoms with Crippen LogP contribution in [0.2, 0.25) is 0 Å². The van der Waals surface area contributed by atoms with Crippen molar-refractivity contribution in [1.82, 2.24) is 9.62 Å². The van der Waals surface area contributed by atoms with Crippen molar-refractivity contribution in [2.45, 2.75) is 64.0 Å². The number of benzene rings is 1. The summed E-state index contributed by atoms with van der Waals surface area (Å²) in [6.45, 7) is 1.89. The van der Waals surface area contributed by atoms with E-state index < -0.39 is 10.0 Å². The predicted octanol–water partition coefficient (Wildman–Crippen LogP) is 2.72. The van der Waals surface area contributed by atoms with E-state index in [9.17, 15) is 13.2 Å². The van der Waals surface area contributed by atoms with Gasteiger partial charge in [0, 0.05) is 12.1 Å². The fourth-order valence-corrected chi connectivity index (χ4v) is 4.55. The summed E-state index contributed by atoms with van der Waals surface area (Å²) in [5.74, 6) is -0.212. The number of nitrogens with one attached hydrogen (secondary N) is 1. The number of carbonyl (C=O) groups excluding carboxylic acids is 1. The Balaban J connectivity index is 1.85. The predicted molar refractivity (Wildman–Crippen MR) is 101 cm³/mol. The Kier molecular flexibility index (Phi) is 7.44. The molecule has 0 unspecified atom stereocenters. The van der Waals surface area contributed by atoms with E-state index in [0.29, 0.717) is 0 Å². The molecule has 1 aliphatic rings. The third-order valence-electron chi connectivity index (χ3n) is 4.82. The van der Waals surface area contributed by atoms with Crippen molar-refractivity contribution in [1.29, 1.82) is 0 Å². The molecule has 0 spiro atoms. The van der Waals surface area contributed by atoms with Crippen molar-refractivity contribution in [3.8, 4) is 0 Å². The Hall–Kier alpha value is -1.40. The largest absolute Gasteiger partial charge is 0.352 e. The lowest BCUT2D eigenvalue weighted by Gasteiger charge is -2.32. The molecule has 5 nitrogen and oxygen atoms in total. The van der Waals surface area contributed by atoms with Gasteiger partial charge in [-0.15, -0.1) is 0 Å². The normalized spacial score (nSPS) is 17.4. The van der Waals surface area contributed by atoms with E-state index in [2.05, 4.69) is 17.4 Å². The summed E-state index contributed by atoms with van der Waals surface area (Å²) in [6.07, 6.45) is 7.84. The van der Waals surface area contributed by atoms with Gasteiger partial charge < -0.3 is 5.32 Å². The minimum atomic E-state index is -3.38. The first-order chi connectivity index (χ1) is 11.9. The van der Waals surface area contributed by atoms with E-state index >= 15 is 0 Å². The first-order valence-electron chi connectivity index (χ1n) is 9.16. The molecule has 1 aliphatic carbocycles. The summed E-state index contributed by atoms with van der Waals surface area (Å²) >= 11 is 0. The third kappa shape index (κ3) is 6.78. The van der Waals surface area contributed by atoms with Crippen LogP contribution in [0.15, 0.2) is 30.3 Å². The average molecular weight is 367 g/mol. The van der Waals surface area contributed by atoms with Crippen molar-refractivity contribution >= 4 is 15.9 Å². The van der Waals surface area contributed by atoms with Crippen LogP contribution in [-0.4, -0.2) is 43.5 Å². The number of rotatable bonds is 8. The lowest BCUT2D eigenvalue weighted by molar-refractivity contribution is -0.122. The number of amides is 1. The summed E-state index contributed by atoms with van der Waals surface area (Å²) in [4.78, 5) is 12.3. The van der Waals surface area contributed by atoms with Crippen LogP contribution in [-0.2, 0) is 21.2 Å². The van der Waals surface area contributed by atoms with Gasteiger partial charge >= 0.3 is 0 Å². The molecule has 6 heteroatoms. The van der Waals surface area contributed by atoms with Crippen molar-refractivity contribution in [3.63, 3.8) is 0 Å². The topological polar surface area (TPSA) is 66.5 Å². The van der Waals surface area contributed by atoms with Crippen LogP contribution < -0.4 is 5.32 Å². The second-order valence-electron chi connectivity index (χ2n) is 7.09. The summed E-state index contributed by atoms with van der Waals surface area (Å²) in [6, 6.07) is 10.1. The van der Waals surface area contributed by atoms with Crippen molar-refractivity contribution in [3.05, 3.63) is 35.9 Å². The molecule has 0 aliphatic heterocycles. The summed E-state index contributed by atoms with van der Waals surface area (Å²) in [5.41, 5.74) is 1.24. The maximum atomic E-state index is 12.3. The van der Waals surface area contributed by atoms with Crippen LogP contribution in [0.1, 0.15) is 51.0 Å². The zero-order valence-electron chi connectivity index (χ0n) is 15.3. The van der Waals surface area contributed by atoms with Gasteiger partial charge in [-0.3, -0.25) is 4.79 Å². The number of nitrogens with zero attached hydrogens (tertiary/aromatic N) is 1. The molecule has 1 fully saturated rings. The zero-order valence-corrected chi connectivity index (χ0v) is 16.1. The average Bonchev–Trinajstić information content (AvgIpc) is 2.58. The highest BCUT2D eigenvalue weighted by atomic mass is 32.2. The first kappa shape index (κ1) is 19.9. The van der Waals surface area contributed by atoms with Gasteiger partial charge in [0.25, 0.3) is 0 Å². The molecule has 1 atom stereocenters. The molecule has 1 aromatic rings. The smallest absolute Gasteiger partial charge is 0.235 e. The molecule has 1 saturated carbocycles. The van der Waals surface area contributed by atoms with Gasteiger partial charge in [0.2, 0.25) is 15.9 Å². The molecular formula is C19H30N2O3S. The maximum Gasteiger partial charge on any atom is 0.235 e.